The van der Waals surface area contributed by atoms with Gasteiger partial charge in [-0.25, -0.2) is 13.1 Å². The van der Waals surface area contributed by atoms with Crippen LogP contribution in [0.4, 0.5) is 0 Å². The molecule has 2 atom stereocenters. The molecule has 40 heavy (non-hydrogen) atoms. The van der Waals surface area contributed by atoms with Gasteiger partial charge in [0.2, 0.25) is 10.0 Å². The zero-order valence-corrected chi connectivity index (χ0v) is 25.1. The van der Waals surface area contributed by atoms with Gasteiger partial charge >= 0.3 is 0 Å². The van der Waals surface area contributed by atoms with Crippen LogP contribution >= 0.6 is 24.0 Å². The van der Waals surface area contributed by atoms with Crippen molar-refractivity contribution in [3.05, 3.63) is 71.3 Å². The van der Waals surface area contributed by atoms with Gasteiger partial charge in [-0.3, -0.25) is 9.69 Å². The van der Waals surface area contributed by atoms with Crippen LogP contribution in [0, 0.1) is 0 Å². The predicted octanol–water partition coefficient (Wildman–Crippen LogP) is 5.34. The lowest BCUT2D eigenvalue weighted by Gasteiger charge is -2.34. The first-order valence-electron chi connectivity index (χ1n) is 13.3. The number of rotatable bonds is 8. The average Bonchev–Trinajstić information content (AvgIpc) is 3.47. The molecule has 0 aliphatic carbocycles. The minimum Gasteiger partial charge on any atom is -0.373 e. The number of aromatic nitrogens is 2. The maximum Gasteiger partial charge on any atom is 0.266 e. The van der Waals surface area contributed by atoms with Crippen LogP contribution in [-0.2, 0) is 19.6 Å². The molecule has 2 saturated heterocycles. The summed E-state index contributed by atoms with van der Waals surface area (Å²) in [6.07, 6.45) is 5.12. The summed E-state index contributed by atoms with van der Waals surface area (Å²) in [6.45, 7) is 7.01. The van der Waals surface area contributed by atoms with E-state index in [1.54, 1.807) is 33.9 Å². The van der Waals surface area contributed by atoms with E-state index in [9.17, 15) is 13.2 Å². The number of nitrogens with zero attached hydrogens (tertiary/aromatic N) is 4. The first kappa shape index (κ1) is 28.7. The zero-order valence-electron chi connectivity index (χ0n) is 22.7. The van der Waals surface area contributed by atoms with Gasteiger partial charge in [0.05, 0.1) is 27.7 Å². The highest BCUT2D eigenvalue weighted by molar-refractivity contribution is 8.26. The molecule has 2 fully saturated rings. The summed E-state index contributed by atoms with van der Waals surface area (Å²) in [6, 6.07) is 16.5. The maximum absolute atomic E-state index is 13.6. The molecule has 2 aliphatic rings. The van der Waals surface area contributed by atoms with E-state index < -0.39 is 10.0 Å². The Bertz CT molecular complexity index is 1540. The summed E-state index contributed by atoms with van der Waals surface area (Å²) in [4.78, 5) is 15.6. The number of benzene rings is 2. The number of ether oxygens (including phenoxy) is 1. The molecule has 8 nitrogen and oxygen atoms in total. The Morgan fingerprint density at radius 3 is 2.52 bits per heavy atom. The maximum atomic E-state index is 13.6. The Kier molecular flexibility index (Phi) is 8.58. The summed E-state index contributed by atoms with van der Waals surface area (Å²) in [7, 11) is -3.75. The number of hydrogen-bond acceptors (Lipinski definition) is 7. The van der Waals surface area contributed by atoms with Crippen LogP contribution in [0.3, 0.4) is 0 Å². The molecule has 11 heteroatoms. The van der Waals surface area contributed by atoms with E-state index in [1.165, 1.54) is 16.1 Å². The minimum absolute atomic E-state index is 0.117. The molecular formula is C29H32N4O4S3. The third-order valence-electron chi connectivity index (χ3n) is 6.79. The summed E-state index contributed by atoms with van der Waals surface area (Å²) in [5, 5.41) is 4.84. The third-order valence-corrected chi connectivity index (χ3v) is 10.00. The SMILES string of the molecule is CCCCN1C(=O)C(=Cc2cn(-c3ccccc3)nc2-c2cccc(S(=O)(=O)N3CC(C)OC(C)C3)c2)SC1=S. The summed E-state index contributed by atoms with van der Waals surface area (Å²) >= 11 is 6.78. The van der Waals surface area contributed by atoms with Crippen molar-refractivity contribution in [2.45, 2.75) is 50.7 Å². The summed E-state index contributed by atoms with van der Waals surface area (Å²) < 4.78 is 36.7. The lowest BCUT2D eigenvalue weighted by atomic mass is 10.1. The number of amides is 1. The molecule has 1 aromatic heterocycles. The van der Waals surface area contributed by atoms with E-state index in [1.807, 2.05) is 56.4 Å². The zero-order chi connectivity index (χ0) is 28.4. The Labute approximate surface area is 245 Å². The van der Waals surface area contributed by atoms with E-state index in [0.29, 0.717) is 45.7 Å². The monoisotopic (exact) mass is 596 g/mol. The number of carbonyl (C=O) groups excluding carboxylic acids is 1. The quantitative estimate of drug-likeness (QED) is 0.256. The second-order valence-corrected chi connectivity index (χ2v) is 13.6. The van der Waals surface area contributed by atoms with E-state index in [2.05, 4.69) is 6.92 Å². The summed E-state index contributed by atoms with van der Waals surface area (Å²) in [5.74, 6) is -0.117. The van der Waals surface area contributed by atoms with Crippen LogP contribution in [0.15, 0.2) is 70.6 Å². The van der Waals surface area contributed by atoms with Crippen molar-refractivity contribution in [2.24, 2.45) is 0 Å². The normalized spacial score (nSPS) is 21.5. The number of unbranched alkanes of at least 4 members (excludes halogenated alkanes) is 1. The Morgan fingerprint density at radius 2 is 1.82 bits per heavy atom. The lowest BCUT2D eigenvalue weighted by Crippen LogP contribution is -2.48. The molecule has 0 bridgehead atoms. The van der Waals surface area contributed by atoms with Crippen molar-refractivity contribution in [1.82, 2.24) is 19.0 Å². The largest absolute Gasteiger partial charge is 0.373 e. The topological polar surface area (TPSA) is 84.7 Å². The molecule has 0 spiro atoms. The van der Waals surface area contributed by atoms with Gasteiger partial charge in [0, 0.05) is 37.0 Å². The van der Waals surface area contributed by atoms with Gasteiger partial charge in [0.25, 0.3) is 5.91 Å². The molecule has 0 saturated carbocycles. The van der Waals surface area contributed by atoms with Gasteiger partial charge in [-0.15, -0.1) is 0 Å². The standard InChI is InChI=1S/C29H32N4O4S3/c1-4-5-14-32-28(34)26(39-29(32)38)16-23-19-33(24-11-7-6-8-12-24)30-27(23)22-10-9-13-25(15-22)40(35,36)31-17-20(2)37-21(3)18-31/h6-13,15-16,19-21H,4-5,14,17-18H2,1-3H3. The molecule has 2 aromatic carbocycles. The number of thioether (sulfide) groups is 1. The molecule has 3 heterocycles. The van der Waals surface area contributed by atoms with E-state index in [-0.39, 0.29) is 23.0 Å². The molecule has 2 unspecified atom stereocenters. The van der Waals surface area contributed by atoms with E-state index >= 15 is 0 Å². The molecule has 2 aliphatic heterocycles. The van der Waals surface area contributed by atoms with Crippen LogP contribution in [0.2, 0.25) is 0 Å². The molecule has 0 N–H and O–H groups in total. The number of sulfonamides is 1. The van der Waals surface area contributed by atoms with Crippen LogP contribution < -0.4 is 0 Å². The molecule has 0 radical (unpaired) electrons. The van der Waals surface area contributed by atoms with Gasteiger partial charge in [-0.2, -0.15) is 9.40 Å². The van der Waals surface area contributed by atoms with Gasteiger partial charge in [-0.1, -0.05) is 67.7 Å². The second-order valence-electron chi connectivity index (χ2n) is 10.0. The fraction of sp³-hybridized carbons (Fsp3) is 0.345. The van der Waals surface area contributed by atoms with Crippen LogP contribution in [0.1, 0.15) is 39.2 Å². The fourth-order valence-electron chi connectivity index (χ4n) is 4.86. The van der Waals surface area contributed by atoms with Crippen molar-refractivity contribution in [3.8, 4) is 16.9 Å². The minimum atomic E-state index is -3.75. The molecule has 3 aromatic rings. The van der Waals surface area contributed by atoms with Gasteiger partial charge in [0.15, 0.2) is 0 Å². The molecule has 210 valence electrons. The highest BCUT2D eigenvalue weighted by atomic mass is 32.2. The van der Waals surface area contributed by atoms with Crippen molar-refractivity contribution in [3.63, 3.8) is 0 Å². The van der Waals surface area contributed by atoms with Crippen molar-refractivity contribution in [1.29, 1.82) is 0 Å². The summed E-state index contributed by atoms with van der Waals surface area (Å²) in [5.41, 5.74) is 2.75. The Morgan fingerprint density at radius 1 is 1.10 bits per heavy atom. The Hall–Kier alpha value is -2.83. The highest BCUT2D eigenvalue weighted by Crippen LogP contribution is 2.35. The number of hydrogen-bond donors (Lipinski definition) is 0. The molecule has 1 amide bonds. The van der Waals surface area contributed by atoms with Crippen molar-refractivity contribution in [2.75, 3.05) is 19.6 Å². The fourth-order valence-corrected chi connectivity index (χ4v) is 7.80. The van der Waals surface area contributed by atoms with Crippen LogP contribution in [0.25, 0.3) is 23.0 Å². The van der Waals surface area contributed by atoms with Crippen LogP contribution in [-0.4, -0.2) is 69.5 Å². The third kappa shape index (κ3) is 5.94. The molecule has 5 rings (SSSR count). The first-order chi connectivity index (χ1) is 19.2. The molecular weight excluding hydrogens is 565 g/mol. The Balaban J connectivity index is 1.56. The van der Waals surface area contributed by atoms with Gasteiger partial charge in [0.1, 0.15) is 10.0 Å². The highest BCUT2D eigenvalue weighted by Gasteiger charge is 2.33. The smallest absolute Gasteiger partial charge is 0.266 e. The van der Waals surface area contributed by atoms with Crippen molar-refractivity contribution < 1.29 is 17.9 Å². The number of para-hydroxylation sites is 1. The van der Waals surface area contributed by atoms with Gasteiger partial charge in [-0.05, 0) is 50.6 Å². The number of morpholine rings is 1. The number of thiocarbonyl (C=S) groups is 1. The average molecular weight is 597 g/mol. The second kappa shape index (κ2) is 12.0. The van der Waals surface area contributed by atoms with Crippen LogP contribution in [0.5, 0.6) is 0 Å². The van der Waals surface area contributed by atoms with Crippen molar-refractivity contribution >= 4 is 50.3 Å². The van der Waals surface area contributed by atoms with E-state index in [0.717, 1.165) is 18.5 Å². The predicted molar refractivity (Wildman–Crippen MR) is 163 cm³/mol. The first-order valence-corrected chi connectivity index (χ1v) is 16.0. The number of carbonyl (C=O) groups is 1. The lowest BCUT2D eigenvalue weighted by molar-refractivity contribution is -0.122. The van der Waals surface area contributed by atoms with Gasteiger partial charge < -0.3 is 4.74 Å². The van der Waals surface area contributed by atoms with E-state index in [4.69, 9.17) is 22.1 Å².